The monoisotopic (exact) mass is 1350 g/mol. The molecule has 0 amide bonds. The molecular formula is C73H142O17P2. The fourth-order valence-corrected chi connectivity index (χ4v) is 12.8. The Bertz CT molecular complexity index is 1770. The first-order chi connectivity index (χ1) is 44.5. The van der Waals surface area contributed by atoms with Crippen LogP contribution in [0.25, 0.3) is 0 Å². The van der Waals surface area contributed by atoms with Crippen LogP contribution >= 0.6 is 15.6 Å². The number of aliphatic hydroxyl groups is 1. The maximum absolute atomic E-state index is 13.1. The van der Waals surface area contributed by atoms with Crippen LogP contribution in [0.2, 0.25) is 0 Å². The third-order valence-corrected chi connectivity index (χ3v) is 18.9. The molecule has 0 aliphatic heterocycles. The second kappa shape index (κ2) is 66.3. The standard InChI is InChI=1S/C73H142O17P2/c1-6-9-12-15-18-21-24-26-28-29-30-32-34-37-43-48-53-58-72(77)89-68(62-84-71(76)57-52-47-42-36-33-31-27-25-22-19-16-13-10-7-2)64-87-91(79,80)85-60-67(74)61-86-92(81,82)88-65-69(63-83-70(75)56-51-46-41-35-23-20-17-14-11-8-3)90-73(78)59-54-49-44-39-38-40-45-50-55-66(4)5/h66-69,74H,6-65H2,1-5H3,(H,79,80)(H,81,82)/t67-,68-,69-/m1/s1. The molecule has 0 heterocycles. The van der Waals surface area contributed by atoms with Crippen LogP contribution in [0, 0.1) is 5.92 Å². The van der Waals surface area contributed by atoms with Crippen molar-refractivity contribution in [2.24, 2.45) is 5.92 Å². The lowest BCUT2D eigenvalue weighted by Gasteiger charge is -2.21. The quantitative estimate of drug-likeness (QED) is 0.0222. The molecule has 0 saturated carbocycles. The largest absolute Gasteiger partial charge is 0.472 e. The van der Waals surface area contributed by atoms with E-state index in [1.165, 1.54) is 205 Å². The summed E-state index contributed by atoms with van der Waals surface area (Å²) in [5.41, 5.74) is 0. The highest BCUT2D eigenvalue weighted by molar-refractivity contribution is 7.47. The number of esters is 4. The number of phosphoric ester groups is 2. The summed E-state index contributed by atoms with van der Waals surface area (Å²) in [6.07, 6.45) is 54.1. The van der Waals surface area contributed by atoms with Crippen molar-refractivity contribution in [3.05, 3.63) is 0 Å². The molecule has 2 unspecified atom stereocenters. The minimum absolute atomic E-state index is 0.105. The third kappa shape index (κ3) is 66.7. The molecule has 0 rings (SSSR count). The van der Waals surface area contributed by atoms with Gasteiger partial charge in [0.05, 0.1) is 26.4 Å². The number of rotatable bonds is 73. The van der Waals surface area contributed by atoms with Crippen molar-refractivity contribution in [1.29, 1.82) is 0 Å². The van der Waals surface area contributed by atoms with Gasteiger partial charge in [-0.2, -0.15) is 0 Å². The highest BCUT2D eigenvalue weighted by Gasteiger charge is 2.30. The maximum Gasteiger partial charge on any atom is 0.472 e. The summed E-state index contributed by atoms with van der Waals surface area (Å²) in [5, 5.41) is 10.6. The molecular weight excluding hydrogens is 1210 g/mol. The number of unbranched alkanes of at least 4 members (excludes halogenated alkanes) is 45. The molecule has 0 aliphatic rings. The molecule has 19 heteroatoms. The van der Waals surface area contributed by atoms with Crippen LogP contribution in [-0.2, 0) is 65.4 Å². The van der Waals surface area contributed by atoms with Gasteiger partial charge in [-0.05, 0) is 31.6 Å². The summed E-state index contributed by atoms with van der Waals surface area (Å²) >= 11 is 0. The van der Waals surface area contributed by atoms with E-state index in [4.69, 9.17) is 37.0 Å². The Labute approximate surface area is 562 Å². The fourth-order valence-electron chi connectivity index (χ4n) is 11.2. The molecule has 5 atom stereocenters. The van der Waals surface area contributed by atoms with E-state index in [9.17, 15) is 43.2 Å². The minimum atomic E-state index is -4.95. The number of phosphoric acid groups is 2. The number of aliphatic hydroxyl groups excluding tert-OH is 1. The molecule has 0 aliphatic carbocycles. The number of carbonyl (C=O) groups is 4. The second-order valence-electron chi connectivity index (χ2n) is 26.8. The van der Waals surface area contributed by atoms with Gasteiger partial charge in [0.25, 0.3) is 0 Å². The van der Waals surface area contributed by atoms with Crippen molar-refractivity contribution in [2.45, 2.75) is 400 Å². The van der Waals surface area contributed by atoms with Crippen molar-refractivity contribution in [3.8, 4) is 0 Å². The first-order valence-electron chi connectivity index (χ1n) is 38.1. The molecule has 0 aromatic rings. The van der Waals surface area contributed by atoms with Crippen LogP contribution in [0.4, 0.5) is 0 Å². The van der Waals surface area contributed by atoms with Crippen LogP contribution in [0.1, 0.15) is 381 Å². The van der Waals surface area contributed by atoms with E-state index in [-0.39, 0.29) is 25.7 Å². The third-order valence-electron chi connectivity index (χ3n) is 17.0. The maximum atomic E-state index is 13.1. The zero-order valence-electron chi connectivity index (χ0n) is 59.7. The lowest BCUT2D eigenvalue weighted by molar-refractivity contribution is -0.161. The highest BCUT2D eigenvalue weighted by Crippen LogP contribution is 2.45. The van der Waals surface area contributed by atoms with Crippen LogP contribution in [-0.4, -0.2) is 96.7 Å². The minimum Gasteiger partial charge on any atom is -0.462 e. The molecule has 0 spiro atoms. The topological polar surface area (TPSA) is 237 Å². The van der Waals surface area contributed by atoms with Crippen LogP contribution in [0.15, 0.2) is 0 Å². The van der Waals surface area contributed by atoms with Crippen LogP contribution in [0.5, 0.6) is 0 Å². The normalized spacial score (nSPS) is 14.0. The van der Waals surface area contributed by atoms with Gasteiger partial charge in [-0.3, -0.25) is 37.3 Å². The van der Waals surface area contributed by atoms with Gasteiger partial charge >= 0.3 is 39.5 Å². The number of hydrogen-bond acceptors (Lipinski definition) is 15. The highest BCUT2D eigenvalue weighted by atomic mass is 31.2. The first kappa shape index (κ1) is 90.1. The molecule has 3 N–H and O–H groups in total. The van der Waals surface area contributed by atoms with Crippen molar-refractivity contribution in [1.82, 2.24) is 0 Å². The fraction of sp³-hybridized carbons (Fsp3) is 0.945. The number of hydrogen-bond donors (Lipinski definition) is 3. The van der Waals surface area contributed by atoms with E-state index in [1.807, 2.05) is 0 Å². The summed E-state index contributed by atoms with van der Waals surface area (Å²) in [5.74, 6) is -1.40. The molecule has 92 heavy (non-hydrogen) atoms. The Morgan fingerprint density at radius 2 is 0.500 bits per heavy atom. The van der Waals surface area contributed by atoms with Gasteiger partial charge in [-0.25, -0.2) is 9.13 Å². The van der Waals surface area contributed by atoms with Crippen molar-refractivity contribution >= 4 is 39.5 Å². The molecule has 546 valence electrons. The van der Waals surface area contributed by atoms with Gasteiger partial charge in [0, 0.05) is 25.7 Å². The van der Waals surface area contributed by atoms with E-state index >= 15 is 0 Å². The Balaban J connectivity index is 5.23. The van der Waals surface area contributed by atoms with E-state index in [1.54, 1.807) is 0 Å². The first-order valence-corrected chi connectivity index (χ1v) is 41.1. The summed E-state index contributed by atoms with van der Waals surface area (Å²) in [7, 11) is -9.90. The molecule has 0 aromatic carbocycles. The van der Waals surface area contributed by atoms with Gasteiger partial charge in [0.15, 0.2) is 12.2 Å². The van der Waals surface area contributed by atoms with Crippen molar-refractivity contribution in [2.75, 3.05) is 39.6 Å². The molecule has 17 nitrogen and oxygen atoms in total. The lowest BCUT2D eigenvalue weighted by atomic mass is 10.0. The Kier molecular flexibility index (Phi) is 64.9. The predicted molar refractivity (Wildman–Crippen MR) is 372 cm³/mol. The van der Waals surface area contributed by atoms with Gasteiger partial charge in [0.1, 0.15) is 19.3 Å². The van der Waals surface area contributed by atoms with E-state index < -0.39 is 97.5 Å². The molecule has 0 radical (unpaired) electrons. The smallest absolute Gasteiger partial charge is 0.462 e. The lowest BCUT2D eigenvalue weighted by Crippen LogP contribution is -2.30. The van der Waals surface area contributed by atoms with Gasteiger partial charge in [-0.1, -0.05) is 330 Å². The van der Waals surface area contributed by atoms with Crippen molar-refractivity contribution in [3.63, 3.8) is 0 Å². The Morgan fingerprint density at radius 1 is 0.293 bits per heavy atom. The number of ether oxygens (including phenoxy) is 4. The zero-order valence-corrected chi connectivity index (χ0v) is 61.5. The van der Waals surface area contributed by atoms with E-state index in [2.05, 4.69) is 34.6 Å². The second-order valence-corrected chi connectivity index (χ2v) is 29.7. The zero-order chi connectivity index (χ0) is 67.7. The molecule has 0 aromatic heterocycles. The molecule has 0 fully saturated rings. The SMILES string of the molecule is CCCCCCCCCCCCCCCCCCCC(=O)O[C@H](COC(=O)CCCCCCCCCCCCCCCC)COP(=O)(O)OC[C@@H](O)COP(=O)(O)OC[C@@H](COC(=O)CCCCCCCCCCCC)OC(=O)CCCCCCCCCCC(C)C. The van der Waals surface area contributed by atoms with E-state index in [0.717, 1.165) is 95.8 Å². The Morgan fingerprint density at radius 3 is 0.739 bits per heavy atom. The number of carbonyl (C=O) groups excluding carboxylic acids is 4. The van der Waals surface area contributed by atoms with Crippen molar-refractivity contribution < 1.29 is 80.2 Å². The summed E-state index contributed by atoms with van der Waals surface area (Å²) in [6, 6.07) is 0. The van der Waals surface area contributed by atoms with Gasteiger partial charge < -0.3 is 33.8 Å². The van der Waals surface area contributed by atoms with Gasteiger partial charge in [0.2, 0.25) is 0 Å². The Hall–Kier alpha value is -1.94. The molecule has 0 bridgehead atoms. The van der Waals surface area contributed by atoms with Gasteiger partial charge in [-0.15, -0.1) is 0 Å². The van der Waals surface area contributed by atoms with Crippen LogP contribution in [0.3, 0.4) is 0 Å². The van der Waals surface area contributed by atoms with E-state index in [0.29, 0.717) is 25.7 Å². The summed E-state index contributed by atoms with van der Waals surface area (Å²) in [4.78, 5) is 72.6. The molecule has 0 saturated heterocycles. The average Bonchev–Trinajstić information content (AvgIpc) is 2.52. The predicted octanol–water partition coefficient (Wildman–Crippen LogP) is 21.3. The average molecular weight is 1350 g/mol. The summed E-state index contributed by atoms with van der Waals surface area (Å²) < 4.78 is 68.4. The van der Waals surface area contributed by atoms with Crippen LogP contribution < -0.4 is 0 Å². The summed E-state index contributed by atoms with van der Waals surface area (Å²) in [6.45, 7) is 7.23.